The van der Waals surface area contributed by atoms with Crippen molar-refractivity contribution in [1.29, 1.82) is 0 Å². The first-order chi connectivity index (χ1) is 5.33. The summed E-state index contributed by atoms with van der Waals surface area (Å²) in [5, 5.41) is 0. The number of allylic oxidation sites excluding steroid dienone is 2. The third-order valence-corrected chi connectivity index (χ3v) is 5.11. The maximum atomic E-state index is 2.46. The van der Waals surface area contributed by atoms with Gasteiger partial charge in [-0.15, -0.1) is 0 Å². The van der Waals surface area contributed by atoms with Gasteiger partial charge in [-0.3, -0.25) is 0 Å². The summed E-state index contributed by atoms with van der Waals surface area (Å²) in [7, 11) is 0. The highest BCUT2D eigenvalue weighted by atomic mass is 14.7. The van der Waals surface area contributed by atoms with Crippen molar-refractivity contribution in [2.45, 2.75) is 41.0 Å². The molecule has 0 saturated heterocycles. The van der Waals surface area contributed by atoms with Gasteiger partial charge in [-0.2, -0.15) is 0 Å². The highest BCUT2D eigenvalue weighted by molar-refractivity contribution is 5.29. The van der Waals surface area contributed by atoms with E-state index in [-0.39, 0.29) is 0 Å². The van der Waals surface area contributed by atoms with Crippen LogP contribution in [0.3, 0.4) is 0 Å². The zero-order valence-electron chi connectivity index (χ0n) is 8.94. The fourth-order valence-electron chi connectivity index (χ4n) is 3.66. The molecule has 0 aromatic carbocycles. The summed E-state index contributed by atoms with van der Waals surface area (Å²) in [6.07, 6.45) is 6.26. The molecular weight excluding hydrogens is 144 g/mol. The van der Waals surface area contributed by atoms with Crippen LogP contribution in [0.2, 0.25) is 0 Å². The van der Waals surface area contributed by atoms with Gasteiger partial charge >= 0.3 is 0 Å². The molecule has 0 bridgehead atoms. The van der Waals surface area contributed by atoms with Gasteiger partial charge in [0.1, 0.15) is 0 Å². The van der Waals surface area contributed by atoms with Crippen LogP contribution in [0, 0.1) is 22.2 Å². The smallest absolute Gasteiger partial charge is 0.00792 e. The summed E-state index contributed by atoms with van der Waals surface area (Å²) in [4.78, 5) is 0. The van der Waals surface area contributed by atoms with Crippen molar-refractivity contribution in [3.8, 4) is 0 Å². The summed E-state index contributed by atoms with van der Waals surface area (Å²) in [5.41, 5.74) is 1.41. The molecule has 3 atom stereocenters. The van der Waals surface area contributed by atoms with E-state index in [0.717, 1.165) is 5.92 Å². The van der Waals surface area contributed by atoms with E-state index >= 15 is 0 Å². The monoisotopic (exact) mass is 164 g/mol. The Morgan fingerprint density at radius 3 is 2.00 bits per heavy atom. The van der Waals surface area contributed by atoms with Gasteiger partial charge in [0, 0.05) is 0 Å². The lowest BCUT2D eigenvalue weighted by molar-refractivity contribution is -0.125. The van der Waals surface area contributed by atoms with Gasteiger partial charge in [0.05, 0.1) is 0 Å². The minimum Gasteiger partial charge on any atom is -0.0817 e. The second-order valence-corrected chi connectivity index (χ2v) is 5.78. The van der Waals surface area contributed by atoms with Crippen LogP contribution in [0.5, 0.6) is 0 Å². The zero-order valence-corrected chi connectivity index (χ0v) is 8.94. The van der Waals surface area contributed by atoms with Gasteiger partial charge in [0.15, 0.2) is 0 Å². The van der Waals surface area contributed by atoms with Crippen molar-refractivity contribution >= 4 is 0 Å². The Balaban J connectivity index is 2.45. The molecule has 1 saturated carbocycles. The Morgan fingerprint density at radius 2 is 1.67 bits per heavy atom. The van der Waals surface area contributed by atoms with E-state index in [2.05, 4.69) is 46.8 Å². The van der Waals surface area contributed by atoms with Crippen molar-refractivity contribution in [1.82, 2.24) is 0 Å². The highest BCUT2D eigenvalue weighted by Gasteiger charge is 2.65. The van der Waals surface area contributed by atoms with Crippen molar-refractivity contribution in [3.05, 3.63) is 12.2 Å². The number of hydrogen-bond donors (Lipinski definition) is 0. The topological polar surface area (TPSA) is 0 Å². The molecule has 68 valence electrons. The Morgan fingerprint density at radius 1 is 1.08 bits per heavy atom. The van der Waals surface area contributed by atoms with Gasteiger partial charge in [-0.05, 0) is 28.6 Å². The molecule has 1 fully saturated rings. The first-order valence-electron chi connectivity index (χ1n) is 5.04. The third kappa shape index (κ3) is 0.582. The van der Waals surface area contributed by atoms with Crippen molar-refractivity contribution in [3.63, 3.8) is 0 Å². The number of hydrogen-bond acceptors (Lipinski definition) is 0. The highest BCUT2D eigenvalue weighted by Crippen LogP contribution is 2.72. The molecular formula is C12H20. The molecule has 2 aliphatic carbocycles. The molecule has 2 aliphatic rings. The van der Waals surface area contributed by atoms with E-state index in [1.54, 1.807) is 0 Å². The molecule has 0 spiro atoms. The molecule has 0 radical (unpaired) electrons. The Bertz CT molecular complexity index is 233. The van der Waals surface area contributed by atoms with Crippen LogP contribution >= 0.6 is 0 Å². The molecule has 0 aromatic rings. The quantitative estimate of drug-likeness (QED) is 0.479. The van der Waals surface area contributed by atoms with E-state index in [1.807, 2.05) is 0 Å². The molecule has 2 rings (SSSR count). The first-order valence-corrected chi connectivity index (χ1v) is 5.04. The van der Waals surface area contributed by atoms with Gasteiger partial charge in [-0.25, -0.2) is 0 Å². The zero-order chi connectivity index (χ0) is 9.20. The maximum absolute atomic E-state index is 2.46. The fraction of sp³-hybridized carbons (Fsp3) is 0.833. The van der Waals surface area contributed by atoms with E-state index in [0.29, 0.717) is 16.2 Å². The Labute approximate surface area is 76.1 Å². The van der Waals surface area contributed by atoms with E-state index < -0.39 is 0 Å². The second-order valence-electron chi connectivity index (χ2n) is 5.78. The van der Waals surface area contributed by atoms with E-state index in [9.17, 15) is 0 Å². The van der Waals surface area contributed by atoms with Gasteiger partial charge < -0.3 is 0 Å². The normalized spacial score (nSPS) is 54.9. The van der Waals surface area contributed by atoms with Crippen LogP contribution in [-0.2, 0) is 0 Å². The lowest BCUT2D eigenvalue weighted by Crippen LogP contribution is -2.56. The number of rotatable bonds is 0. The summed E-state index contributed by atoms with van der Waals surface area (Å²) in [6.45, 7) is 12.0. The molecule has 0 N–H and O–H groups in total. The summed E-state index contributed by atoms with van der Waals surface area (Å²) in [6, 6.07) is 0. The predicted octanol–water partition coefficient (Wildman–Crippen LogP) is 3.63. The largest absolute Gasteiger partial charge is 0.0817 e. The minimum absolute atomic E-state index is 0.402. The Hall–Kier alpha value is -0.260. The second kappa shape index (κ2) is 1.81. The Kier molecular flexibility index (Phi) is 1.26. The lowest BCUT2D eigenvalue weighted by Gasteiger charge is -2.62. The van der Waals surface area contributed by atoms with Crippen LogP contribution in [0.4, 0.5) is 0 Å². The van der Waals surface area contributed by atoms with E-state index in [4.69, 9.17) is 0 Å². The molecule has 12 heavy (non-hydrogen) atoms. The van der Waals surface area contributed by atoms with Crippen molar-refractivity contribution in [2.24, 2.45) is 22.2 Å². The minimum atomic E-state index is 0.402. The molecule has 0 heteroatoms. The average Bonchev–Trinajstić information content (AvgIpc) is 2.11. The predicted molar refractivity (Wildman–Crippen MR) is 52.9 cm³/mol. The first kappa shape index (κ1) is 8.34. The molecule has 0 aliphatic heterocycles. The van der Waals surface area contributed by atoms with Crippen molar-refractivity contribution < 1.29 is 0 Å². The third-order valence-electron chi connectivity index (χ3n) is 5.11. The van der Waals surface area contributed by atoms with E-state index in [1.165, 1.54) is 6.42 Å². The lowest BCUT2D eigenvalue weighted by atomic mass is 9.41. The summed E-state index contributed by atoms with van der Waals surface area (Å²) >= 11 is 0. The van der Waals surface area contributed by atoms with Crippen LogP contribution < -0.4 is 0 Å². The van der Waals surface area contributed by atoms with Gasteiger partial charge in [0.25, 0.3) is 0 Å². The molecule has 0 amide bonds. The molecule has 0 heterocycles. The fourth-order valence-corrected chi connectivity index (χ4v) is 3.66. The van der Waals surface area contributed by atoms with Crippen LogP contribution in [0.15, 0.2) is 12.2 Å². The standard InChI is InChI=1S/C12H20/c1-9-8-11(4)7-6-10(2,3)12(9,11)5/h6-7,9H,8H2,1-5H3. The van der Waals surface area contributed by atoms with Crippen LogP contribution in [-0.4, -0.2) is 0 Å². The van der Waals surface area contributed by atoms with Crippen LogP contribution in [0.1, 0.15) is 41.0 Å². The van der Waals surface area contributed by atoms with Crippen molar-refractivity contribution in [2.75, 3.05) is 0 Å². The molecule has 0 aromatic heterocycles. The molecule has 3 unspecified atom stereocenters. The maximum Gasteiger partial charge on any atom is -0.00792 e. The van der Waals surface area contributed by atoms with Gasteiger partial charge in [-0.1, -0.05) is 46.8 Å². The van der Waals surface area contributed by atoms with Crippen LogP contribution in [0.25, 0.3) is 0 Å². The molecule has 0 nitrogen and oxygen atoms in total. The summed E-state index contributed by atoms with van der Waals surface area (Å²) in [5.74, 6) is 0.882. The summed E-state index contributed by atoms with van der Waals surface area (Å²) < 4.78 is 0. The van der Waals surface area contributed by atoms with Gasteiger partial charge in [0.2, 0.25) is 0 Å². The number of fused-ring (bicyclic) bond motifs is 1. The average molecular weight is 164 g/mol. The SMILES string of the molecule is CC1CC2(C)C=CC(C)(C)C12C.